The average molecular weight is 477 g/mol. The lowest BCUT2D eigenvalue weighted by Crippen LogP contribution is -2.51. The van der Waals surface area contributed by atoms with E-state index in [2.05, 4.69) is 60.3 Å². The molecule has 0 aliphatic rings. The fraction of sp³-hybridized carbons (Fsp3) is 0.714. The normalized spacial score (nSPS) is 10.6. The first kappa shape index (κ1) is 34.7. The number of hydrogen-bond donors (Lipinski definition) is 2. The molecule has 1 aromatic rings. The lowest BCUT2D eigenvalue weighted by Gasteiger charge is -2.41. The van der Waals surface area contributed by atoms with Crippen LogP contribution in [0.2, 0.25) is 0 Å². The van der Waals surface area contributed by atoms with Crippen LogP contribution in [0.25, 0.3) is 0 Å². The molecule has 0 aromatic heterocycles. The van der Waals surface area contributed by atoms with Gasteiger partial charge in [-0.1, -0.05) is 79.6 Å². The molecule has 6 heteroatoms. The van der Waals surface area contributed by atoms with Crippen LogP contribution in [-0.2, 0) is 24.7 Å². The van der Waals surface area contributed by atoms with Crippen LogP contribution in [0.15, 0.2) is 0 Å². The van der Waals surface area contributed by atoms with Gasteiger partial charge in [0, 0.05) is 17.5 Å². The fourth-order valence-electron chi connectivity index (χ4n) is 5.17. The molecular weight excluding hydrogens is 423 g/mol. The highest BCUT2D eigenvalue weighted by molar-refractivity contribution is 6.29. The Balaban J connectivity index is 0. The molecule has 8 N–H and O–H groups in total. The number of benzene rings is 1. The van der Waals surface area contributed by atoms with Crippen LogP contribution >= 0.6 is 0 Å². The van der Waals surface area contributed by atoms with Crippen molar-refractivity contribution in [2.24, 2.45) is 0 Å². The molecule has 0 spiro atoms. The third-order valence-electron chi connectivity index (χ3n) is 6.90. The minimum Gasteiger partial charge on any atom is -0.860 e. The van der Waals surface area contributed by atoms with E-state index in [1.165, 1.54) is 11.1 Å². The van der Waals surface area contributed by atoms with Crippen LogP contribution in [0.1, 0.15) is 134 Å². The maximum absolute atomic E-state index is 11.9. The lowest BCUT2D eigenvalue weighted by atomic mass is 9.67. The second-order valence-corrected chi connectivity index (χ2v) is 8.87. The highest BCUT2D eigenvalue weighted by Crippen LogP contribution is 2.48. The summed E-state index contributed by atoms with van der Waals surface area (Å²) in [4.78, 5) is 0. The Labute approximate surface area is 210 Å². The van der Waals surface area contributed by atoms with Crippen LogP contribution in [0.5, 0.6) is 5.75 Å². The van der Waals surface area contributed by atoms with E-state index in [1.54, 1.807) is 0 Å². The van der Waals surface area contributed by atoms with Crippen molar-refractivity contribution in [2.75, 3.05) is 0 Å². The van der Waals surface area contributed by atoms with Crippen molar-refractivity contribution in [2.45, 2.75) is 131 Å². The van der Waals surface area contributed by atoms with Crippen LogP contribution in [0, 0.1) is 11.8 Å². The molecule has 0 bridgehead atoms. The van der Waals surface area contributed by atoms with Crippen molar-refractivity contribution in [3.05, 3.63) is 27.8 Å². The molecular formula is C28H53BN2O3. The largest absolute Gasteiger partial charge is 0.860 e. The summed E-state index contributed by atoms with van der Waals surface area (Å²) >= 11 is 0. The highest BCUT2D eigenvalue weighted by Gasteiger charge is 2.36. The minimum atomic E-state index is -2.32. The van der Waals surface area contributed by atoms with Gasteiger partial charge in [-0.3, -0.25) is 0 Å². The van der Waals surface area contributed by atoms with Gasteiger partial charge in [-0.25, -0.2) is 0 Å². The van der Waals surface area contributed by atoms with E-state index in [0.717, 1.165) is 93.7 Å². The van der Waals surface area contributed by atoms with Gasteiger partial charge in [-0.15, -0.1) is 0 Å². The summed E-state index contributed by atoms with van der Waals surface area (Å²) in [5, 5.41) is 23.8. The molecule has 196 valence electrons. The molecule has 0 aliphatic heterocycles. The molecule has 1 rings (SSSR count). The maximum atomic E-state index is 11.9. The Morgan fingerprint density at radius 2 is 1.35 bits per heavy atom. The topological polar surface area (TPSA) is 128 Å². The Hall–Kier alpha value is -1.52. The number of hydrogen-bond acceptors (Lipinski definition) is 3. The molecule has 34 heavy (non-hydrogen) atoms. The predicted octanol–water partition coefficient (Wildman–Crippen LogP) is 6.39. The zero-order valence-electron chi connectivity index (χ0n) is 23.8. The van der Waals surface area contributed by atoms with Gasteiger partial charge in [0.15, 0.2) is 0 Å². The van der Waals surface area contributed by atoms with Crippen molar-refractivity contribution in [3.8, 4) is 17.6 Å². The smallest absolute Gasteiger partial charge is 0.133 e. The molecule has 0 aliphatic carbocycles. The Morgan fingerprint density at radius 1 is 0.794 bits per heavy atom. The van der Waals surface area contributed by atoms with Crippen LogP contribution in [0.3, 0.4) is 0 Å². The van der Waals surface area contributed by atoms with Crippen molar-refractivity contribution in [1.82, 2.24) is 12.3 Å². The summed E-state index contributed by atoms with van der Waals surface area (Å²) in [7, 11) is -2.32. The predicted molar refractivity (Wildman–Crippen MR) is 146 cm³/mol. The number of quaternary nitrogens is 2. The Bertz CT molecular complexity index is 765. The Morgan fingerprint density at radius 3 is 1.76 bits per heavy atom. The van der Waals surface area contributed by atoms with Crippen LogP contribution < -0.4 is 27.0 Å². The summed E-state index contributed by atoms with van der Waals surface area (Å²) in [5.74, 6) is 7.48. The molecule has 0 radical (unpaired) electrons. The number of rotatable bonds is 14. The minimum absolute atomic E-state index is 0. The van der Waals surface area contributed by atoms with Gasteiger partial charge in [-0.05, 0) is 73.5 Å². The molecule has 0 saturated heterocycles. The average Bonchev–Trinajstić information content (AvgIpc) is 2.78. The van der Waals surface area contributed by atoms with E-state index < -0.39 is 7.32 Å². The fourth-order valence-corrected chi connectivity index (χ4v) is 5.17. The van der Waals surface area contributed by atoms with Gasteiger partial charge >= 0.3 is 0 Å². The second-order valence-electron chi connectivity index (χ2n) is 8.87. The molecule has 0 unspecified atom stereocenters. The first-order valence-electron chi connectivity index (χ1n) is 13.1. The molecule has 0 atom stereocenters. The second kappa shape index (κ2) is 17.9. The summed E-state index contributed by atoms with van der Waals surface area (Å²) in [6.45, 7) is 15.3. The molecule has 5 nitrogen and oxygen atoms in total. The quantitative estimate of drug-likeness (QED) is 0.238. The lowest BCUT2D eigenvalue weighted by molar-refractivity contribution is -0.372. The van der Waals surface area contributed by atoms with Gasteiger partial charge in [-0.2, -0.15) is 0 Å². The van der Waals surface area contributed by atoms with Gasteiger partial charge in [0.1, 0.15) is 13.1 Å². The zero-order chi connectivity index (χ0) is 24.1. The monoisotopic (exact) mass is 476 g/mol. The maximum Gasteiger partial charge on any atom is 0.133 e. The number of unbranched alkanes of at least 4 members (excludes halogenated alkanes) is 2. The van der Waals surface area contributed by atoms with Gasteiger partial charge < -0.3 is 27.0 Å². The van der Waals surface area contributed by atoms with E-state index >= 15 is 0 Å². The molecule has 1 aromatic carbocycles. The van der Waals surface area contributed by atoms with Crippen molar-refractivity contribution >= 4 is 7.32 Å². The summed E-state index contributed by atoms with van der Waals surface area (Å²) in [5.41, 5.74) is 5.64. The zero-order valence-corrected chi connectivity index (χ0v) is 23.8. The van der Waals surface area contributed by atoms with Gasteiger partial charge in [0.05, 0.1) is 0 Å². The third-order valence-corrected chi connectivity index (χ3v) is 6.90. The summed E-state index contributed by atoms with van der Waals surface area (Å²) < 4.78 is 5.66. The molecule has 0 heterocycles. The summed E-state index contributed by atoms with van der Waals surface area (Å²) in [6, 6.07) is 0. The standard InChI is InChI=1S/C28H45BO3.2H3N/c1-8-15-18-23-22(12-5)27(32-29(30)31)26(28(13-6,14-7)21-11-4)25(20-17-10-3)24(23)19-16-9-2;;/h8-15,17-18,20-21H2,1-7H3;2*1H3/q-2;;/p+2. The van der Waals surface area contributed by atoms with Crippen LogP contribution in [0.4, 0.5) is 0 Å². The van der Waals surface area contributed by atoms with E-state index in [4.69, 9.17) is 4.65 Å². The first-order valence-corrected chi connectivity index (χ1v) is 13.1. The van der Waals surface area contributed by atoms with Gasteiger partial charge in [0.25, 0.3) is 0 Å². The van der Waals surface area contributed by atoms with E-state index in [0.29, 0.717) is 5.75 Å². The first-order chi connectivity index (χ1) is 15.4. The van der Waals surface area contributed by atoms with E-state index in [9.17, 15) is 10.0 Å². The van der Waals surface area contributed by atoms with Crippen molar-refractivity contribution < 1.29 is 14.7 Å². The molecule has 0 fully saturated rings. The van der Waals surface area contributed by atoms with E-state index in [-0.39, 0.29) is 17.7 Å². The van der Waals surface area contributed by atoms with Gasteiger partial charge in [0.2, 0.25) is 0 Å². The Kier molecular flexibility index (Phi) is 18.2. The van der Waals surface area contributed by atoms with Crippen LogP contribution in [-0.4, -0.2) is 7.32 Å². The molecule has 0 amide bonds. The van der Waals surface area contributed by atoms with Crippen molar-refractivity contribution in [3.63, 3.8) is 0 Å². The molecule has 0 saturated carbocycles. The highest BCUT2D eigenvalue weighted by atomic mass is 16.6. The summed E-state index contributed by atoms with van der Waals surface area (Å²) in [6.07, 6.45) is 11.6. The van der Waals surface area contributed by atoms with Crippen molar-refractivity contribution in [1.29, 1.82) is 0 Å². The van der Waals surface area contributed by atoms with E-state index in [1.807, 2.05) is 0 Å². The SMILES string of the molecule is CCC#Cc1c(CCCC)c(CC)c(OB([O-])[O-])c(C(CC)(CC)CCC)c1CCCC.[NH4+].[NH4+]. The third kappa shape index (κ3) is 8.31.